The Labute approximate surface area is 117 Å². The van der Waals surface area contributed by atoms with Crippen molar-refractivity contribution in [2.45, 2.75) is 13.3 Å². The molecule has 1 heterocycles. The summed E-state index contributed by atoms with van der Waals surface area (Å²) in [4.78, 5) is 4.15. The van der Waals surface area contributed by atoms with Crippen molar-refractivity contribution in [2.24, 2.45) is 0 Å². The molecule has 19 heavy (non-hydrogen) atoms. The third-order valence-corrected chi connectivity index (χ3v) is 2.61. The van der Waals surface area contributed by atoms with E-state index in [0.29, 0.717) is 34.7 Å². The summed E-state index contributed by atoms with van der Waals surface area (Å²) in [5.74, 6) is 1.49. The van der Waals surface area contributed by atoms with E-state index < -0.39 is 0 Å². The first-order chi connectivity index (χ1) is 9.20. The highest BCUT2D eigenvalue weighted by atomic mass is 35.5. The van der Waals surface area contributed by atoms with Crippen LogP contribution in [0.3, 0.4) is 0 Å². The van der Waals surface area contributed by atoms with Crippen LogP contribution >= 0.6 is 11.6 Å². The molecule has 0 aliphatic carbocycles. The number of hydrogen-bond acceptors (Lipinski definition) is 4. The van der Waals surface area contributed by atoms with Crippen LogP contribution in [0.5, 0.6) is 17.4 Å². The minimum Gasteiger partial charge on any atom is -0.488 e. The fourth-order valence-corrected chi connectivity index (χ4v) is 1.67. The van der Waals surface area contributed by atoms with E-state index in [9.17, 15) is 0 Å². The van der Waals surface area contributed by atoms with Gasteiger partial charge in [0.25, 0.3) is 5.88 Å². The van der Waals surface area contributed by atoms with Gasteiger partial charge in [0.15, 0.2) is 11.5 Å². The summed E-state index contributed by atoms with van der Waals surface area (Å²) in [7, 11) is 0. The number of nitrogens with two attached hydrogens (primary N) is 1. The minimum atomic E-state index is 0.393. The van der Waals surface area contributed by atoms with Crippen molar-refractivity contribution >= 4 is 17.3 Å². The molecule has 100 valence electrons. The van der Waals surface area contributed by atoms with Gasteiger partial charge in [0, 0.05) is 11.2 Å². The molecule has 0 saturated carbocycles. The number of halogens is 1. The molecule has 0 fully saturated rings. The highest BCUT2D eigenvalue weighted by Crippen LogP contribution is 2.33. The molecule has 0 spiro atoms. The fraction of sp³-hybridized carbons (Fsp3) is 0.214. The molecule has 0 unspecified atom stereocenters. The van der Waals surface area contributed by atoms with Crippen LogP contribution < -0.4 is 15.2 Å². The number of nitrogen functional groups attached to an aromatic ring is 1. The zero-order valence-electron chi connectivity index (χ0n) is 10.6. The molecule has 0 aliphatic heterocycles. The highest BCUT2D eigenvalue weighted by Gasteiger charge is 2.09. The number of anilines is 1. The van der Waals surface area contributed by atoms with Gasteiger partial charge in [-0.25, -0.2) is 4.98 Å². The van der Waals surface area contributed by atoms with Crippen molar-refractivity contribution in [3.8, 4) is 17.4 Å². The monoisotopic (exact) mass is 278 g/mol. The van der Waals surface area contributed by atoms with Crippen molar-refractivity contribution in [1.82, 2.24) is 4.98 Å². The van der Waals surface area contributed by atoms with Crippen LogP contribution in [0, 0.1) is 0 Å². The topological polar surface area (TPSA) is 57.4 Å². The molecule has 0 amide bonds. The van der Waals surface area contributed by atoms with Crippen LogP contribution in [-0.2, 0) is 0 Å². The fourth-order valence-electron chi connectivity index (χ4n) is 1.49. The molecule has 0 radical (unpaired) electrons. The molecule has 1 aromatic carbocycles. The summed E-state index contributed by atoms with van der Waals surface area (Å²) < 4.78 is 11.2. The summed E-state index contributed by atoms with van der Waals surface area (Å²) in [5, 5.41) is 0.563. The highest BCUT2D eigenvalue weighted by molar-refractivity contribution is 6.30. The van der Waals surface area contributed by atoms with Gasteiger partial charge in [0.05, 0.1) is 12.3 Å². The zero-order valence-corrected chi connectivity index (χ0v) is 11.4. The number of nitrogens with zero attached hydrogens (tertiary/aromatic N) is 1. The lowest BCUT2D eigenvalue weighted by Crippen LogP contribution is -1.99. The lowest BCUT2D eigenvalue weighted by atomic mass is 10.3. The van der Waals surface area contributed by atoms with Crippen molar-refractivity contribution in [2.75, 3.05) is 12.3 Å². The molecule has 0 aliphatic rings. The second-order valence-corrected chi connectivity index (χ2v) is 4.38. The standard InChI is InChI=1S/C14H15ClN2O2/c1-2-8-18-13-4-3-7-17-14(13)19-12-6-5-10(15)9-11(12)16/h3-7,9H,2,8,16H2,1H3. The van der Waals surface area contributed by atoms with E-state index in [1.165, 1.54) is 0 Å². The van der Waals surface area contributed by atoms with E-state index in [2.05, 4.69) is 4.98 Å². The van der Waals surface area contributed by atoms with Crippen LogP contribution in [0.2, 0.25) is 5.02 Å². The summed E-state index contributed by atoms with van der Waals surface area (Å²) in [5.41, 5.74) is 6.30. The molecule has 2 N–H and O–H groups in total. The predicted octanol–water partition coefficient (Wildman–Crippen LogP) is 3.90. The molecule has 4 nitrogen and oxygen atoms in total. The van der Waals surface area contributed by atoms with Crippen LogP contribution in [0.15, 0.2) is 36.5 Å². The van der Waals surface area contributed by atoms with Crippen LogP contribution in [0.25, 0.3) is 0 Å². The zero-order chi connectivity index (χ0) is 13.7. The van der Waals surface area contributed by atoms with Crippen molar-refractivity contribution in [1.29, 1.82) is 0 Å². The molecular weight excluding hydrogens is 264 g/mol. The summed E-state index contributed by atoms with van der Waals surface area (Å²) in [6, 6.07) is 8.65. The number of pyridine rings is 1. The van der Waals surface area contributed by atoms with Gasteiger partial charge in [0.2, 0.25) is 0 Å². The molecule has 0 atom stereocenters. The quantitative estimate of drug-likeness (QED) is 0.843. The van der Waals surface area contributed by atoms with E-state index >= 15 is 0 Å². The molecular formula is C14H15ClN2O2. The van der Waals surface area contributed by atoms with Crippen molar-refractivity contribution in [3.63, 3.8) is 0 Å². The smallest absolute Gasteiger partial charge is 0.262 e. The number of aromatic nitrogens is 1. The molecule has 1 aromatic heterocycles. The average molecular weight is 279 g/mol. The van der Waals surface area contributed by atoms with E-state index in [-0.39, 0.29) is 0 Å². The minimum absolute atomic E-state index is 0.393. The van der Waals surface area contributed by atoms with E-state index in [1.807, 2.05) is 13.0 Å². The number of benzene rings is 1. The van der Waals surface area contributed by atoms with Gasteiger partial charge in [-0.05, 0) is 36.8 Å². The van der Waals surface area contributed by atoms with Gasteiger partial charge in [0.1, 0.15) is 0 Å². The maximum absolute atomic E-state index is 5.84. The van der Waals surface area contributed by atoms with Crippen molar-refractivity contribution in [3.05, 3.63) is 41.6 Å². The number of hydrogen-bond donors (Lipinski definition) is 1. The number of ether oxygens (including phenoxy) is 2. The third-order valence-electron chi connectivity index (χ3n) is 2.38. The summed E-state index contributed by atoms with van der Waals surface area (Å²) >= 11 is 5.84. The summed E-state index contributed by atoms with van der Waals surface area (Å²) in [6.07, 6.45) is 2.55. The molecule has 0 saturated heterocycles. The second kappa shape index (κ2) is 6.29. The first-order valence-corrected chi connectivity index (χ1v) is 6.39. The second-order valence-electron chi connectivity index (χ2n) is 3.94. The third kappa shape index (κ3) is 3.51. The Hall–Kier alpha value is -1.94. The Morgan fingerprint density at radius 3 is 2.84 bits per heavy atom. The predicted molar refractivity (Wildman–Crippen MR) is 76.0 cm³/mol. The lowest BCUT2D eigenvalue weighted by molar-refractivity contribution is 0.298. The maximum Gasteiger partial charge on any atom is 0.262 e. The molecule has 0 bridgehead atoms. The van der Waals surface area contributed by atoms with Gasteiger partial charge < -0.3 is 15.2 Å². The van der Waals surface area contributed by atoms with Gasteiger partial charge >= 0.3 is 0 Å². The van der Waals surface area contributed by atoms with Gasteiger partial charge in [-0.2, -0.15) is 0 Å². The largest absolute Gasteiger partial charge is 0.488 e. The van der Waals surface area contributed by atoms with Crippen LogP contribution in [0.1, 0.15) is 13.3 Å². The van der Waals surface area contributed by atoms with Gasteiger partial charge in [-0.1, -0.05) is 18.5 Å². The average Bonchev–Trinajstić information content (AvgIpc) is 2.41. The maximum atomic E-state index is 5.84. The molecule has 2 aromatic rings. The normalized spacial score (nSPS) is 10.2. The Morgan fingerprint density at radius 1 is 1.26 bits per heavy atom. The van der Waals surface area contributed by atoms with E-state index in [0.717, 1.165) is 6.42 Å². The Bertz CT molecular complexity index is 561. The molecule has 5 heteroatoms. The first kappa shape index (κ1) is 13.5. The van der Waals surface area contributed by atoms with Gasteiger partial charge in [-0.15, -0.1) is 0 Å². The Balaban J connectivity index is 2.22. The Morgan fingerprint density at radius 2 is 2.11 bits per heavy atom. The SMILES string of the molecule is CCCOc1cccnc1Oc1ccc(Cl)cc1N. The van der Waals surface area contributed by atoms with Crippen LogP contribution in [-0.4, -0.2) is 11.6 Å². The van der Waals surface area contributed by atoms with Crippen molar-refractivity contribution < 1.29 is 9.47 Å². The Kier molecular flexibility index (Phi) is 4.47. The summed E-state index contributed by atoms with van der Waals surface area (Å²) in [6.45, 7) is 2.65. The molecule has 2 rings (SSSR count). The lowest BCUT2D eigenvalue weighted by Gasteiger charge is -2.12. The van der Waals surface area contributed by atoms with Gasteiger partial charge in [-0.3, -0.25) is 0 Å². The van der Waals surface area contributed by atoms with E-state index in [4.69, 9.17) is 26.8 Å². The van der Waals surface area contributed by atoms with E-state index in [1.54, 1.807) is 30.5 Å². The first-order valence-electron chi connectivity index (χ1n) is 6.01. The number of rotatable bonds is 5. The van der Waals surface area contributed by atoms with Crippen LogP contribution in [0.4, 0.5) is 5.69 Å².